The predicted octanol–water partition coefficient (Wildman–Crippen LogP) is 0.448. The van der Waals surface area contributed by atoms with E-state index in [0.29, 0.717) is 19.5 Å². The van der Waals surface area contributed by atoms with Gasteiger partial charge >= 0.3 is 5.97 Å². The molecule has 1 N–H and O–H groups in total. The van der Waals surface area contributed by atoms with Crippen molar-refractivity contribution in [1.82, 2.24) is 5.32 Å². The van der Waals surface area contributed by atoms with Crippen LogP contribution in [0, 0.1) is 5.92 Å². The number of rotatable bonds is 2. The maximum absolute atomic E-state index is 11.1. The summed E-state index contributed by atoms with van der Waals surface area (Å²) in [7, 11) is 1.36. The molecule has 0 bridgehead atoms. The Kier molecular flexibility index (Phi) is 3.54. The Labute approximate surface area is 75.9 Å². The first-order valence-corrected chi connectivity index (χ1v) is 4.10. The van der Waals surface area contributed by atoms with Crippen molar-refractivity contribution in [1.29, 1.82) is 0 Å². The van der Waals surface area contributed by atoms with Crippen LogP contribution in [-0.4, -0.2) is 32.2 Å². The number of hydrogen-bond acceptors (Lipinski definition) is 4. The summed E-state index contributed by atoms with van der Waals surface area (Å²) in [4.78, 5) is 13.8. The molecule has 6 nitrogen and oxygen atoms in total. The van der Waals surface area contributed by atoms with Gasteiger partial charge in [0, 0.05) is 18.0 Å². The van der Waals surface area contributed by atoms with Crippen LogP contribution in [-0.2, 0) is 9.53 Å². The van der Waals surface area contributed by atoms with Crippen LogP contribution in [0.5, 0.6) is 0 Å². The Morgan fingerprint density at radius 2 is 2.46 bits per heavy atom. The van der Waals surface area contributed by atoms with Gasteiger partial charge in [-0.1, -0.05) is 5.11 Å². The largest absolute Gasteiger partial charge is 0.469 e. The first kappa shape index (κ1) is 9.83. The Morgan fingerprint density at radius 1 is 1.69 bits per heavy atom. The number of nitrogens with one attached hydrogen (secondary N) is 1. The molecule has 0 aromatic heterocycles. The molecule has 1 saturated heterocycles. The van der Waals surface area contributed by atoms with Gasteiger partial charge in [0.15, 0.2) is 0 Å². The van der Waals surface area contributed by atoms with Crippen molar-refractivity contribution in [2.75, 3.05) is 20.2 Å². The quantitative estimate of drug-likeness (QED) is 0.292. The van der Waals surface area contributed by atoms with E-state index in [0.717, 1.165) is 0 Å². The van der Waals surface area contributed by atoms with Crippen LogP contribution in [0.3, 0.4) is 0 Å². The van der Waals surface area contributed by atoms with Gasteiger partial charge in [-0.2, -0.15) is 0 Å². The highest BCUT2D eigenvalue weighted by Crippen LogP contribution is 2.14. The average Bonchev–Trinajstić information content (AvgIpc) is 2.18. The molecule has 0 spiro atoms. The molecule has 13 heavy (non-hydrogen) atoms. The number of nitrogens with zero attached hydrogens (tertiary/aromatic N) is 3. The van der Waals surface area contributed by atoms with Crippen molar-refractivity contribution in [2.24, 2.45) is 11.0 Å². The molecule has 0 aliphatic carbocycles. The van der Waals surface area contributed by atoms with Gasteiger partial charge in [0.25, 0.3) is 0 Å². The van der Waals surface area contributed by atoms with Gasteiger partial charge in [0.05, 0.1) is 19.1 Å². The molecule has 72 valence electrons. The summed E-state index contributed by atoms with van der Waals surface area (Å²) < 4.78 is 4.60. The first-order chi connectivity index (χ1) is 6.27. The third kappa shape index (κ3) is 2.61. The van der Waals surface area contributed by atoms with E-state index in [1.807, 2.05) is 0 Å². The van der Waals surface area contributed by atoms with Crippen LogP contribution in [0.4, 0.5) is 0 Å². The maximum Gasteiger partial charge on any atom is 0.309 e. The Balaban J connectivity index is 2.50. The lowest BCUT2D eigenvalue weighted by Gasteiger charge is -2.25. The monoisotopic (exact) mass is 184 g/mol. The zero-order valence-electron chi connectivity index (χ0n) is 7.43. The fourth-order valence-corrected chi connectivity index (χ4v) is 1.43. The van der Waals surface area contributed by atoms with Crippen molar-refractivity contribution < 1.29 is 9.53 Å². The second kappa shape index (κ2) is 4.69. The lowest BCUT2D eigenvalue weighted by atomic mass is 9.96. The van der Waals surface area contributed by atoms with E-state index in [9.17, 15) is 4.79 Å². The number of hydrogen-bond donors (Lipinski definition) is 1. The molecular weight excluding hydrogens is 172 g/mol. The lowest BCUT2D eigenvalue weighted by Crippen LogP contribution is -2.41. The molecule has 2 unspecified atom stereocenters. The minimum atomic E-state index is -0.245. The van der Waals surface area contributed by atoms with Crippen molar-refractivity contribution in [3.63, 3.8) is 0 Å². The normalized spacial score (nSPS) is 27.5. The molecule has 0 saturated carbocycles. The standard InChI is InChI=1S/C7H12N4O2/c1-13-7(12)5-2-6(10-11-8)4-9-3-5/h5-6,9H,2-4H2,1H3. The molecule has 1 rings (SSSR count). The van der Waals surface area contributed by atoms with Crippen molar-refractivity contribution in [2.45, 2.75) is 12.5 Å². The van der Waals surface area contributed by atoms with Crippen LogP contribution in [0.2, 0.25) is 0 Å². The zero-order valence-corrected chi connectivity index (χ0v) is 7.43. The fraction of sp³-hybridized carbons (Fsp3) is 0.857. The maximum atomic E-state index is 11.1. The van der Waals surface area contributed by atoms with E-state index in [-0.39, 0.29) is 17.9 Å². The number of ether oxygens (including phenoxy) is 1. The van der Waals surface area contributed by atoms with Crippen LogP contribution >= 0.6 is 0 Å². The molecule has 6 heteroatoms. The molecule has 0 amide bonds. The van der Waals surface area contributed by atoms with Gasteiger partial charge in [-0.15, -0.1) is 0 Å². The van der Waals surface area contributed by atoms with Crippen molar-refractivity contribution in [3.05, 3.63) is 10.4 Å². The van der Waals surface area contributed by atoms with E-state index in [2.05, 4.69) is 20.1 Å². The topological polar surface area (TPSA) is 87.1 Å². The Bertz CT molecular complexity index is 237. The summed E-state index contributed by atoms with van der Waals surface area (Å²) in [6.07, 6.45) is 0.573. The molecule has 1 heterocycles. The fourth-order valence-electron chi connectivity index (χ4n) is 1.43. The number of carbonyl (C=O) groups excluding carboxylic acids is 1. The molecule has 2 atom stereocenters. The van der Waals surface area contributed by atoms with Crippen LogP contribution in [0.25, 0.3) is 10.4 Å². The number of carbonyl (C=O) groups is 1. The van der Waals surface area contributed by atoms with Gasteiger partial charge in [-0.3, -0.25) is 4.79 Å². The zero-order chi connectivity index (χ0) is 9.68. The summed E-state index contributed by atoms with van der Waals surface area (Å²) >= 11 is 0. The second-order valence-electron chi connectivity index (χ2n) is 2.97. The summed E-state index contributed by atoms with van der Waals surface area (Å²) in [5.74, 6) is -0.431. The van der Waals surface area contributed by atoms with E-state index in [1.54, 1.807) is 0 Å². The molecule has 1 fully saturated rings. The van der Waals surface area contributed by atoms with E-state index in [4.69, 9.17) is 5.53 Å². The van der Waals surface area contributed by atoms with Gasteiger partial charge in [-0.25, -0.2) is 0 Å². The highest BCUT2D eigenvalue weighted by molar-refractivity contribution is 5.72. The molecule has 0 radical (unpaired) electrons. The minimum absolute atomic E-state index is 0.136. The van der Waals surface area contributed by atoms with Gasteiger partial charge in [-0.05, 0) is 12.0 Å². The molecular formula is C7H12N4O2. The van der Waals surface area contributed by atoms with Crippen molar-refractivity contribution in [3.8, 4) is 0 Å². The van der Waals surface area contributed by atoms with E-state index in [1.165, 1.54) is 7.11 Å². The first-order valence-electron chi connectivity index (χ1n) is 4.10. The third-order valence-electron chi connectivity index (χ3n) is 2.08. The molecule has 0 aromatic carbocycles. The number of methoxy groups -OCH3 is 1. The summed E-state index contributed by atoms with van der Waals surface area (Å²) in [6.45, 7) is 1.24. The molecule has 0 aromatic rings. The average molecular weight is 184 g/mol. The molecule has 1 aliphatic rings. The smallest absolute Gasteiger partial charge is 0.309 e. The highest BCUT2D eigenvalue weighted by Gasteiger charge is 2.26. The van der Waals surface area contributed by atoms with Gasteiger partial charge in [0.1, 0.15) is 0 Å². The van der Waals surface area contributed by atoms with Crippen LogP contribution in [0.15, 0.2) is 5.11 Å². The summed E-state index contributed by atoms with van der Waals surface area (Å²) in [5.41, 5.74) is 8.21. The number of piperidine rings is 1. The second-order valence-corrected chi connectivity index (χ2v) is 2.97. The highest BCUT2D eigenvalue weighted by atomic mass is 16.5. The lowest BCUT2D eigenvalue weighted by molar-refractivity contribution is -0.146. The molecule has 1 aliphatic heterocycles. The summed E-state index contributed by atoms with van der Waals surface area (Å²) in [6, 6.07) is -0.136. The van der Waals surface area contributed by atoms with Crippen LogP contribution in [0.1, 0.15) is 6.42 Å². The predicted molar refractivity (Wildman–Crippen MR) is 45.9 cm³/mol. The Hall–Kier alpha value is -1.26. The minimum Gasteiger partial charge on any atom is -0.469 e. The number of esters is 1. The van der Waals surface area contributed by atoms with E-state index >= 15 is 0 Å². The van der Waals surface area contributed by atoms with Crippen LogP contribution < -0.4 is 5.32 Å². The number of azide groups is 1. The Morgan fingerprint density at radius 3 is 3.08 bits per heavy atom. The third-order valence-corrected chi connectivity index (χ3v) is 2.08. The van der Waals surface area contributed by atoms with E-state index < -0.39 is 0 Å². The SMILES string of the molecule is COC(=O)C1CNCC(N=[N+]=[N-])C1. The van der Waals surface area contributed by atoms with Crippen molar-refractivity contribution >= 4 is 5.97 Å². The summed E-state index contributed by atoms with van der Waals surface area (Å²) in [5, 5.41) is 6.58. The van der Waals surface area contributed by atoms with Gasteiger partial charge < -0.3 is 10.1 Å². The van der Waals surface area contributed by atoms with Gasteiger partial charge in [0.2, 0.25) is 0 Å².